The number of nitrogens with one attached hydrogen (secondary N) is 1. The van der Waals surface area contributed by atoms with Crippen LogP contribution in [0.1, 0.15) is 37.3 Å². The van der Waals surface area contributed by atoms with Crippen molar-refractivity contribution >= 4 is 21.7 Å². The Kier molecular flexibility index (Phi) is 4.51. The summed E-state index contributed by atoms with van der Waals surface area (Å²) in [6.07, 6.45) is 2.93. The van der Waals surface area contributed by atoms with Crippen molar-refractivity contribution in [1.82, 2.24) is 5.32 Å². The van der Waals surface area contributed by atoms with Crippen LogP contribution in [-0.2, 0) is 4.79 Å². The Hall–Kier alpha value is -0.740. The fourth-order valence-electron chi connectivity index (χ4n) is 2.69. The summed E-state index contributed by atoms with van der Waals surface area (Å²) in [6.45, 7) is 0. The normalized spacial score (nSPS) is 18.9. The first-order valence-corrected chi connectivity index (χ1v) is 7.05. The number of hydrogen-bond acceptors (Lipinski definition) is 2. The number of benzene rings is 1. The molecule has 0 bridgehead atoms. The molecule has 2 nitrogen and oxygen atoms in total. The van der Waals surface area contributed by atoms with Gasteiger partial charge in [0.2, 0.25) is 0 Å². The zero-order valence-corrected chi connectivity index (χ0v) is 12.0. The summed E-state index contributed by atoms with van der Waals surface area (Å²) in [5.41, 5.74) is 0.686. The SMILES string of the molecule is CNC(c1cc(Br)ccc1F)C1CCC(=O)CC1. The second-order valence-electron chi connectivity index (χ2n) is 4.81. The van der Waals surface area contributed by atoms with E-state index in [0.29, 0.717) is 30.1 Å². The molecule has 2 rings (SSSR count). The fourth-order valence-corrected chi connectivity index (χ4v) is 3.07. The summed E-state index contributed by atoms with van der Waals surface area (Å²) in [7, 11) is 1.85. The lowest BCUT2D eigenvalue weighted by molar-refractivity contribution is -0.121. The Labute approximate surface area is 115 Å². The molecule has 1 aromatic rings. The topological polar surface area (TPSA) is 29.1 Å². The lowest BCUT2D eigenvalue weighted by Gasteiger charge is -2.30. The number of Topliss-reactive ketones (excluding diaryl/α,β-unsaturated/α-hetero) is 1. The molecule has 1 aromatic carbocycles. The molecule has 1 aliphatic carbocycles. The van der Waals surface area contributed by atoms with Gasteiger partial charge in [-0.3, -0.25) is 4.79 Å². The van der Waals surface area contributed by atoms with E-state index in [4.69, 9.17) is 0 Å². The maximum atomic E-state index is 13.9. The number of carbonyl (C=O) groups excluding carboxylic acids is 1. The smallest absolute Gasteiger partial charge is 0.132 e. The van der Waals surface area contributed by atoms with Crippen LogP contribution >= 0.6 is 15.9 Å². The van der Waals surface area contributed by atoms with Gasteiger partial charge in [-0.05, 0) is 44.0 Å². The number of hydrogen-bond donors (Lipinski definition) is 1. The minimum absolute atomic E-state index is 0.0180. The summed E-state index contributed by atoms with van der Waals surface area (Å²) in [4.78, 5) is 11.3. The van der Waals surface area contributed by atoms with Gasteiger partial charge in [-0.2, -0.15) is 0 Å². The van der Waals surface area contributed by atoms with Gasteiger partial charge in [0.15, 0.2) is 0 Å². The largest absolute Gasteiger partial charge is 0.313 e. The third kappa shape index (κ3) is 2.98. The van der Waals surface area contributed by atoms with E-state index in [9.17, 15) is 9.18 Å². The predicted octanol–water partition coefficient (Wildman–Crippen LogP) is 3.61. The molecule has 0 amide bonds. The van der Waals surface area contributed by atoms with Crippen molar-refractivity contribution in [3.8, 4) is 0 Å². The highest BCUT2D eigenvalue weighted by atomic mass is 79.9. The Morgan fingerprint density at radius 2 is 2.06 bits per heavy atom. The van der Waals surface area contributed by atoms with Crippen LogP contribution in [0.4, 0.5) is 4.39 Å². The van der Waals surface area contributed by atoms with E-state index in [1.807, 2.05) is 13.1 Å². The Bertz CT molecular complexity index is 439. The van der Waals surface area contributed by atoms with Gasteiger partial charge in [0, 0.05) is 28.9 Å². The third-order valence-electron chi connectivity index (χ3n) is 3.66. The summed E-state index contributed by atoms with van der Waals surface area (Å²) in [5, 5.41) is 3.20. The zero-order chi connectivity index (χ0) is 13.1. The Balaban J connectivity index is 2.22. The Morgan fingerprint density at radius 1 is 1.39 bits per heavy atom. The van der Waals surface area contributed by atoms with Gasteiger partial charge in [0.05, 0.1) is 0 Å². The highest BCUT2D eigenvalue weighted by Crippen LogP contribution is 2.35. The maximum absolute atomic E-state index is 13.9. The average Bonchev–Trinajstić information content (AvgIpc) is 2.37. The maximum Gasteiger partial charge on any atom is 0.132 e. The highest BCUT2D eigenvalue weighted by Gasteiger charge is 2.28. The van der Waals surface area contributed by atoms with E-state index in [-0.39, 0.29) is 11.9 Å². The van der Waals surface area contributed by atoms with E-state index in [1.165, 1.54) is 6.07 Å². The van der Waals surface area contributed by atoms with Gasteiger partial charge in [-0.1, -0.05) is 15.9 Å². The average molecular weight is 314 g/mol. The first-order chi connectivity index (χ1) is 8.61. The van der Waals surface area contributed by atoms with Gasteiger partial charge in [0.25, 0.3) is 0 Å². The van der Waals surface area contributed by atoms with E-state index < -0.39 is 0 Å². The number of carbonyl (C=O) groups is 1. The van der Waals surface area contributed by atoms with Crippen molar-refractivity contribution in [1.29, 1.82) is 0 Å². The molecule has 0 saturated heterocycles. The molecule has 1 atom stereocenters. The lowest BCUT2D eigenvalue weighted by atomic mass is 9.80. The quantitative estimate of drug-likeness (QED) is 0.923. The van der Waals surface area contributed by atoms with E-state index in [2.05, 4.69) is 21.2 Å². The summed E-state index contributed by atoms with van der Waals surface area (Å²) < 4.78 is 14.8. The Morgan fingerprint density at radius 3 is 2.67 bits per heavy atom. The molecular formula is C14H17BrFNO. The molecule has 98 valence electrons. The van der Waals surface area contributed by atoms with Crippen molar-refractivity contribution in [3.05, 3.63) is 34.1 Å². The summed E-state index contributed by atoms with van der Waals surface area (Å²) in [6, 6.07) is 5.00. The molecule has 0 heterocycles. The van der Waals surface area contributed by atoms with Crippen LogP contribution in [0.2, 0.25) is 0 Å². The van der Waals surface area contributed by atoms with Crippen LogP contribution < -0.4 is 5.32 Å². The van der Waals surface area contributed by atoms with Crippen LogP contribution in [0.25, 0.3) is 0 Å². The molecule has 1 N–H and O–H groups in total. The number of rotatable bonds is 3. The van der Waals surface area contributed by atoms with Gasteiger partial charge >= 0.3 is 0 Å². The first-order valence-electron chi connectivity index (χ1n) is 6.25. The van der Waals surface area contributed by atoms with Crippen molar-refractivity contribution < 1.29 is 9.18 Å². The lowest BCUT2D eigenvalue weighted by Crippen LogP contribution is -2.29. The van der Waals surface area contributed by atoms with Crippen LogP contribution in [0.3, 0.4) is 0 Å². The third-order valence-corrected chi connectivity index (χ3v) is 4.16. The molecular weight excluding hydrogens is 297 g/mol. The summed E-state index contributed by atoms with van der Waals surface area (Å²) >= 11 is 3.38. The molecule has 1 unspecified atom stereocenters. The zero-order valence-electron chi connectivity index (χ0n) is 10.4. The van der Waals surface area contributed by atoms with Gasteiger partial charge < -0.3 is 5.32 Å². The molecule has 4 heteroatoms. The molecule has 1 saturated carbocycles. The molecule has 0 radical (unpaired) electrons. The van der Waals surface area contributed by atoms with E-state index >= 15 is 0 Å². The van der Waals surface area contributed by atoms with Gasteiger partial charge in [-0.15, -0.1) is 0 Å². The molecule has 0 aromatic heterocycles. The minimum Gasteiger partial charge on any atom is -0.313 e. The van der Waals surface area contributed by atoms with Crippen LogP contribution in [0.15, 0.2) is 22.7 Å². The second kappa shape index (κ2) is 5.93. The number of ketones is 1. The fraction of sp³-hybridized carbons (Fsp3) is 0.500. The molecule has 18 heavy (non-hydrogen) atoms. The van der Waals surface area contributed by atoms with Gasteiger partial charge in [0.1, 0.15) is 11.6 Å². The van der Waals surface area contributed by atoms with Crippen molar-refractivity contribution in [2.75, 3.05) is 7.05 Å². The van der Waals surface area contributed by atoms with Crippen molar-refractivity contribution in [2.24, 2.45) is 5.92 Å². The standard InChI is InChI=1S/C14H17BrFNO/c1-17-14(9-2-5-11(18)6-3-9)12-8-10(15)4-7-13(12)16/h4,7-9,14,17H,2-3,5-6H2,1H3. The highest BCUT2D eigenvalue weighted by molar-refractivity contribution is 9.10. The van der Waals surface area contributed by atoms with Crippen molar-refractivity contribution in [3.63, 3.8) is 0 Å². The molecule has 1 fully saturated rings. The second-order valence-corrected chi connectivity index (χ2v) is 5.72. The van der Waals surface area contributed by atoms with E-state index in [0.717, 1.165) is 17.3 Å². The molecule has 1 aliphatic rings. The minimum atomic E-state index is -0.186. The molecule has 0 aliphatic heterocycles. The predicted molar refractivity (Wildman–Crippen MR) is 72.9 cm³/mol. The first kappa shape index (κ1) is 13.7. The monoisotopic (exact) mass is 313 g/mol. The molecule has 0 spiro atoms. The van der Waals surface area contributed by atoms with Crippen LogP contribution in [0, 0.1) is 11.7 Å². The summed E-state index contributed by atoms with van der Waals surface area (Å²) in [5.74, 6) is 0.474. The van der Waals surface area contributed by atoms with Crippen LogP contribution in [-0.4, -0.2) is 12.8 Å². The van der Waals surface area contributed by atoms with Crippen molar-refractivity contribution in [2.45, 2.75) is 31.7 Å². The number of halogens is 2. The van der Waals surface area contributed by atoms with E-state index in [1.54, 1.807) is 6.07 Å². The van der Waals surface area contributed by atoms with Gasteiger partial charge in [-0.25, -0.2) is 4.39 Å². The van der Waals surface area contributed by atoms with Crippen LogP contribution in [0.5, 0.6) is 0 Å².